The summed E-state index contributed by atoms with van der Waals surface area (Å²) in [6.07, 6.45) is 0. The number of imidazole rings is 1. The van der Waals surface area contributed by atoms with Gasteiger partial charge >= 0.3 is 11.9 Å². The second-order valence-corrected chi connectivity index (χ2v) is 7.91. The molecule has 0 bridgehead atoms. The number of nitrogens with zero attached hydrogens (tertiary/aromatic N) is 4. The first kappa shape index (κ1) is 23.6. The number of nitrogens with two attached hydrogens (primary N) is 1. The highest BCUT2D eigenvalue weighted by Crippen LogP contribution is 2.43. The molecule has 1 unspecified atom stereocenters. The fraction of sp³-hybridized carbons (Fsp3) is 0.231. The number of rotatable bonds is 5. The summed E-state index contributed by atoms with van der Waals surface area (Å²) in [4.78, 5) is 32.3. The Hall–Kier alpha value is -4.58. The summed E-state index contributed by atoms with van der Waals surface area (Å²) in [5, 5.41) is 10.1. The van der Waals surface area contributed by atoms with E-state index in [2.05, 4.69) is 15.6 Å². The van der Waals surface area contributed by atoms with E-state index in [4.69, 9.17) is 15.2 Å². The van der Waals surface area contributed by atoms with Crippen molar-refractivity contribution in [3.63, 3.8) is 0 Å². The molecule has 1 aliphatic rings. The van der Waals surface area contributed by atoms with Gasteiger partial charge in [0, 0.05) is 6.54 Å². The van der Waals surface area contributed by atoms with Crippen molar-refractivity contribution in [2.75, 3.05) is 19.1 Å². The largest absolute Gasteiger partial charge is 0.466 e. The summed E-state index contributed by atoms with van der Waals surface area (Å²) >= 11 is 0. The molecule has 4 rings (SSSR count). The molecule has 2 aromatic carbocycles. The number of carbonyl (C=O) groups is 2. The van der Waals surface area contributed by atoms with Crippen LogP contribution in [-0.2, 0) is 25.6 Å². The Morgan fingerprint density at radius 2 is 1.80 bits per heavy atom. The summed E-state index contributed by atoms with van der Waals surface area (Å²) < 4.78 is 12.2. The van der Waals surface area contributed by atoms with Gasteiger partial charge in [0.2, 0.25) is 0 Å². The topological polar surface area (TPSA) is 123 Å². The van der Waals surface area contributed by atoms with Crippen LogP contribution in [0.3, 0.4) is 0 Å². The summed E-state index contributed by atoms with van der Waals surface area (Å²) in [6, 6.07) is 16.4. The quantitative estimate of drug-likeness (QED) is 0.563. The molecule has 3 aromatic rings. The molecule has 0 saturated heterocycles. The monoisotopic (exact) mass is 471 g/mol. The molecular formula is C26H25N5O4. The number of anilines is 1. The van der Waals surface area contributed by atoms with Crippen molar-refractivity contribution >= 4 is 28.7 Å². The number of hydrogen-bond donors (Lipinski definition) is 1. The van der Waals surface area contributed by atoms with E-state index >= 15 is 0 Å². The van der Waals surface area contributed by atoms with E-state index in [0.29, 0.717) is 16.8 Å². The first-order valence-corrected chi connectivity index (χ1v) is 11.0. The predicted octanol–water partition coefficient (Wildman–Crippen LogP) is 3.26. The Bertz CT molecular complexity index is 1430. The normalized spacial score (nSPS) is 15.9. The SMILES string of the molecule is CCn1c(C)nc2cc(N3C(N)=C(C#N)C(c4ccccc4)C(C(=O)OC)=C3C(=O)OC)ccc21. The molecule has 0 amide bonds. The number of aryl methyl sites for hydroxylation is 2. The molecule has 0 radical (unpaired) electrons. The van der Waals surface area contributed by atoms with Crippen LogP contribution < -0.4 is 10.6 Å². The van der Waals surface area contributed by atoms with Gasteiger partial charge in [-0.2, -0.15) is 5.26 Å². The molecule has 0 spiro atoms. The van der Waals surface area contributed by atoms with Gasteiger partial charge in [-0.25, -0.2) is 14.6 Å². The van der Waals surface area contributed by atoms with E-state index in [1.54, 1.807) is 36.4 Å². The molecule has 2 N–H and O–H groups in total. The van der Waals surface area contributed by atoms with Gasteiger partial charge in [0.1, 0.15) is 17.3 Å². The van der Waals surface area contributed by atoms with Crippen LogP contribution in [0, 0.1) is 18.3 Å². The number of ether oxygens (including phenoxy) is 2. The third-order valence-electron chi connectivity index (χ3n) is 6.11. The van der Waals surface area contributed by atoms with Gasteiger partial charge in [0.05, 0.1) is 54.1 Å². The third kappa shape index (κ3) is 3.79. The van der Waals surface area contributed by atoms with E-state index in [1.807, 2.05) is 26.0 Å². The first-order chi connectivity index (χ1) is 16.9. The molecule has 178 valence electrons. The Morgan fingerprint density at radius 1 is 1.11 bits per heavy atom. The number of hydrogen-bond acceptors (Lipinski definition) is 8. The molecule has 9 heteroatoms. The summed E-state index contributed by atoms with van der Waals surface area (Å²) in [5.41, 5.74) is 9.17. The highest BCUT2D eigenvalue weighted by molar-refractivity contribution is 6.06. The summed E-state index contributed by atoms with van der Waals surface area (Å²) in [7, 11) is 2.44. The van der Waals surface area contributed by atoms with Crippen LogP contribution in [0.4, 0.5) is 5.69 Å². The molecule has 35 heavy (non-hydrogen) atoms. The van der Waals surface area contributed by atoms with Crippen LogP contribution in [0.5, 0.6) is 0 Å². The Morgan fingerprint density at radius 3 is 2.40 bits per heavy atom. The maximum Gasteiger partial charge on any atom is 0.355 e. The van der Waals surface area contributed by atoms with Gasteiger partial charge in [-0.15, -0.1) is 0 Å². The number of carbonyl (C=O) groups excluding carboxylic acids is 2. The van der Waals surface area contributed by atoms with Gasteiger partial charge in [-0.3, -0.25) is 4.90 Å². The van der Waals surface area contributed by atoms with Crippen molar-refractivity contribution in [3.05, 3.63) is 82.6 Å². The fourth-order valence-corrected chi connectivity index (χ4v) is 4.56. The van der Waals surface area contributed by atoms with Crippen molar-refractivity contribution in [1.82, 2.24) is 9.55 Å². The van der Waals surface area contributed by atoms with Crippen LogP contribution in [0.2, 0.25) is 0 Å². The van der Waals surface area contributed by atoms with E-state index in [-0.39, 0.29) is 22.7 Å². The van der Waals surface area contributed by atoms with Crippen LogP contribution >= 0.6 is 0 Å². The maximum atomic E-state index is 13.2. The Balaban J connectivity index is 2.05. The summed E-state index contributed by atoms with van der Waals surface area (Å²) in [5.74, 6) is -1.62. The molecule has 9 nitrogen and oxygen atoms in total. The van der Waals surface area contributed by atoms with Gasteiger partial charge in [-0.05, 0) is 37.6 Å². The van der Waals surface area contributed by atoms with Crippen LogP contribution in [0.15, 0.2) is 71.2 Å². The minimum absolute atomic E-state index is 0.0143. The van der Waals surface area contributed by atoms with Crippen LogP contribution in [-0.4, -0.2) is 35.7 Å². The zero-order chi connectivity index (χ0) is 25.3. The van der Waals surface area contributed by atoms with E-state index in [1.165, 1.54) is 19.1 Å². The molecule has 1 aliphatic heterocycles. The lowest BCUT2D eigenvalue weighted by Gasteiger charge is -2.35. The zero-order valence-electron chi connectivity index (χ0n) is 19.9. The number of esters is 2. The highest BCUT2D eigenvalue weighted by atomic mass is 16.5. The van der Waals surface area contributed by atoms with E-state index < -0.39 is 17.9 Å². The highest BCUT2D eigenvalue weighted by Gasteiger charge is 2.43. The lowest BCUT2D eigenvalue weighted by molar-refractivity contribution is -0.139. The summed E-state index contributed by atoms with van der Waals surface area (Å²) in [6.45, 7) is 4.67. The first-order valence-electron chi connectivity index (χ1n) is 11.0. The number of methoxy groups -OCH3 is 2. The second-order valence-electron chi connectivity index (χ2n) is 7.91. The van der Waals surface area contributed by atoms with Gasteiger partial charge in [0.25, 0.3) is 0 Å². The second kappa shape index (κ2) is 9.35. The number of fused-ring (bicyclic) bond motifs is 1. The predicted molar refractivity (Wildman–Crippen MR) is 130 cm³/mol. The Labute approximate surface area is 202 Å². The molecule has 0 aliphatic carbocycles. The molecule has 0 saturated carbocycles. The van der Waals surface area contributed by atoms with E-state index in [0.717, 1.165) is 17.9 Å². The average molecular weight is 472 g/mol. The van der Waals surface area contributed by atoms with E-state index in [9.17, 15) is 14.9 Å². The van der Waals surface area contributed by atoms with Crippen LogP contribution in [0.1, 0.15) is 24.2 Å². The average Bonchev–Trinajstić information content (AvgIpc) is 3.21. The van der Waals surface area contributed by atoms with Crippen molar-refractivity contribution < 1.29 is 19.1 Å². The molecule has 1 aromatic heterocycles. The van der Waals surface area contributed by atoms with Crippen molar-refractivity contribution in [3.8, 4) is 6.07 Å². The minimum Gasteiger partial charge on any atom is -0.466 e. The van der Waals surface area contributed by atoms with Crippen molar-refractivity contribution in [2.24, 2.45) is 5.73 Å². The van der Waals surface area contributed by atoms with Gasteiger partial charge in [0.15, 0.2) is 0 Å². The minimum atomic E-state index is -0.913. The number of nitriles is 1. The number of aromatic nitrogens is 2. The lowest BCUT2D eigenvalue weighted by atomic mass is 9.81. The molecule has 2 heterocycles. The number of benzene rings is 2. The van der Waals surface area contributed by atoms with Crippen molar-refractivity contribution in [2.45, 2.75) is 26.3 Å². The lowest BCUT2D eigenvalue weighted by Crippen LogP contribution is -2.40. The van der Waals surface area contributed by atoms with Crippen molar-refractivity contribution in [1.29, 1.82) is 5.26 Å². The maximum absolute atomic E-state index is 13.2. The number of allylic oxidation sites excluding steroid dienone is 1. The fourth-order valence-electron chi connectivity index (χ4n) is 4.56. The smallest absolute Gasteiger partial charge is 0.355 e. The molecule has 0 fully saturated rings. The Kier molecular flexibility index (Phi) is 6.30. The molecule has 1 atom stereocenters. The van der Waals surface area contributed by atoms with Gasteiger partial charge in [-0.1, -0.05) is 30.3 Å². The molecular weight excluding hydrogens is 446 g/mol. The zero-order valence-corrected chi connectivity index (χ0v) is 19.9. The standard InChI is InChI=1S/C26H25N5O4/c1-5-30-15(2)29-19-13-17(11-12-20(19)30)31-23(26(33)35-4)22(25(32)34-3)21(18(14-27)24(31)28)16-9-7-6-8-10-16/h6-13,21H,5,28H2,1-4H3. The van der Waals surface area contributed by atoms with Crippen LogP contribution in [0.25, 0.3) is 11.0 Å². The third-order valence-corrected chi connectivity index (χ3v) is 6.11. The van der Waals surface area contributed by atoms with Gasteiger partial charge < -0.3 is 19.8 Å².